The van der Waals surface area contributed by atoms with Crippen molar-refractivity contribution in [3.05, 3.63) is 34.6 Å². The van der Waals surface area contributed by atoms with Crippen molar-refractivity contribution < 1.29 is 14.3 Å². The first-order chi connectivity index (χ1) is 9.54. The van der Waals surface area contributed by atoms with Gasteiger partial charge in [0.05, 0.1) is 17.3 Å². The standard InChI is InChI=1S/C12H11ClN4O3/c1-3-20-12(19)11(18)8-4-5-10(9(13)6-8)17-7(2)14-15-16-17/h4-6H,3H2,1-2H3. The molecule has 0 aliphatic heterocycles. The highest BCUT2D eigenvalue weighted by Gasteiger charge is 2.19. The van der Waals surface area contributed by atoms with Crippen LogP contribution in [0.4, 0.5) is 0 Å². The molecule has 1 aromatic carbocycles. The van der Waals surface area contributed by atoms with Crippen molar-refractivity contribution in [1.82, 2.24) is 20.2 Å². The number of benzene rings is 1. The Hall–Kier alpha value is -2.28. The van der Waals surface area contributed by atoms with Gasteiger partial charge >= 0.3 is 5.97 Å². The molecule has 0 saturated carbocycles. The van der Waals surface area contributed by atoms with E-state index in [4.69, 9.17) is 11.6 Å². The summed E-state index contributed by atoms with van der Waals surface area (Å²) in [5.74, 6) is -1.10. The molecular formula is C12H11ClN4O3. The van der Waals surface area contributed by atoms with Crippen LogP contribution in [0.1, 0.15) is 23.1 Å². The fourth-order valence-corrected chi connectivity index (χ4v) is 1.85. The van der Waals surface area contributed by atoms with Gasteiger partial charge in [-0.3, -0.25) is 4.79 Å². The molecule has 2 rings (SSSR count). The summed E-state index contributed by atoms with van der Waals surface area (Å²) in [7, 11) is 0. The van der Waals surface area contributed by atoms with Crippen molar-refractivity contribution in [1.29, 1.82) is 0 Å². The quantitative estimate of drug-likeness (QED) is 0.481. The fourth-order valence-electron chi connectivity index (χ4n) is 1.59. The number of rotatable bonds is 4. The van der Waals surface area contributed by atoms with E-state index in [1.54, 1.807) is 19.9 Å². The van der Waals surface area contributed by atoms with E-state index >= 15 is 0 Å². The minimum absolute atomic E-state index is 0.139. The number of aromatic nitrogens is 4. The topological polar surface area (TPSA) is 87.0 Å². The minimum atomic E-state index is -0.907. The molecule has 0 aliphatic carbocycles. The second-order valence-electron chi connectivity index (χ2n) is 3.85. The van der Waals surface area contributed by atoms with Crippen LogP contribution in [-0.2, 0) is 9.53 Å². The molecule has 0 fully saturated rings. The highest BCUT2D eigenvalue weighted by atomic mass is 35.5. The molecule has 2 aromatic rings. The number of ketones is 1. The third-order valence-corrected chi connectivity index (χ3v) is 2.83. The summed E-state index contributed by atoms with van der Waals surface area (Å²) in [4.78, 5) is 23.1. The normalized spacial score (nSPS) is 10.3. The van der Waals surface area contributed by atoms with E-state index in [1.165, 1.54) is 16.8 Å². The fraction of sp³-hybridized carbons (Fsp3) is 0.250. The molecule has 20 heavy (non-hydrogen) atoms. The number of esters is 1. The SMILES string of the molecule is CCOC(=O)C(=O)c1ccc(-n2nnnc2C)c(Cl)c1. The number of hydrogen-bond acceptors (Lipinski definition) is 6. The number of tetrazole rings is 1. The molecule has 0 spiro atoms. The number of carbonyl (C=O) groups excluding carboxylic acids is 2. The van der Waals surface area contributed by atoms with Crippen molar-refractivity contribution in [3.63, 3.8) is 0 Å². The first kappa shape index (κ1) is 14.1. The number of Topliss-reactive ketones (excluding diaryl/α,β-unsaturated/α-hetero) is 1. The van der Waals surface area contributed by atoms with Gasteiger partial charge in [-0.15, -0.1) is 5.10 Å². The lowest BCUT2D eigenvalue weighted by atomic mass is 10.1. The van der Waals surface area contributed by atoms with Gasteiger partial charge in [-0.25, -0.2) is 4.79 Å². The number of halogens is 1. The molecule has 0 saturated heterocycles. The lowest BCUT2D eigenvalue weighted by molar-refractivity contribution is -0.137. The monoisotopic (exact) mass is 294 g/mol. The second kappa shape index (κ2) is 5.79. The highest BCUT2D eigenvalue weighted by Crippen LogP contribution is 2.22. The van der Waals surface area contributed by atoms with Gasteiger partial charge in [0.2, 0.25) is 0 Å². The number of hydrogen-bond donors (Lipinski definition) is 0. The van der Waals surface area contributed by atoms with Crippen molar-refractivity contribution in [2.75, 3.05) is 6.61 Å². The van der Waals surface area contributed by atoms with E-state index in [9.17, 15) is 9.59 Å². The number of carbonyl (C=O) groups is 2. The Morgan fingerprint density at radius 3 is 2.70 bits per heavy atom. The van der Waals surface area contributed by atoms with E-state index in [2.05, 4.69) is 20.3 Å². The van der Waals surface area contributed by atoms with Crippen LogP contribution < -0.4 is 0 Å². The summed E-state index contributed by atoms with van der Waals surface area (Å²) in [5, 5.41) is 11.3. The Bertz CT molecular complexity index is 668. The number of aryl methyl sites for hydroxylation is 1. The Balaban J connectivity index is 2.33. The second-order valence-corrected chi connectivity index (χ2v) is 4.26. The predicted octanol–water partition coefficient (Wildman–Crippen LogP) is 1.37. The molecule has 0 N–H and O–H groups in total. The molecular weight excluding hydrogens is 284 g/mol. The zero-order chi connectivity index (χ0) is 14.7. The maximum absolute atomic E-state index is 11.8. The Labute approximate surface area is 119 Å². The summed E-state index contributed by atoms with van der Waals surface area (Å²) in [6.07, 6.45) is 0. The van der Waals surface area contributed by atoms with Crippen LogP contribution in [0.2, 0.25) is 5.02 Å². The van der Waals surface area contributed by atoms with Gasteiger partial charge < -0.3 is 4.74 Å². The molecule has 104 valence electrons. The van der Waals surface area contributed by atoms with Crippen molar-refractivity contribution in [2.24, 2.45) is 0 Å². The third kappa shape index (κ3) is 2.67. The molecule has 0 atom stereocenters. The maximum Gasteiger partial charge on any atom is 0.379 e. The summed E-state index contributed by atoms with van der Waals surface area (Å²) in [5.41, 5.74) is 0.678. The summed E-state index contributed by atoms with van der Waals surface area (Å²) >= 11 is 6.10. The molecule has 0 aliphatic rings. The van der Waals surface area contributed by atoms with E-state index in [-0.39, 0.29) is 17.2 Å². The summed E-state index contributed by atoms with van der Waals surface area (Å²) < 4.78 is 6.08. The Morgan fingerprint density at radius 2 is 2.15 bits per heavy atom. The van der Waals surface area contributed by atoms with E-state index in [0.29, 0.717) is 11.5 Å². The molecule has 0 amide bonds. The lowest BCUT2D eigenvalue weighted by Crippen LogP contribution is -2.17. The molecule has 1 aromatic heterocycles. The van der Waals surface area contributed by atoms with Gasteiger partial charge in [0.25, 0.3) is 5.78 Å². The van der Waals surface area contributed by atoms with Crippen LogP contribution >= 0.6 is 11.6 Å². The lowest BCUT2D eigenvalue weighted by Gasteiger charge is -2.06. The maximum atomic E-state index is 11.8. The zero-order valence-corrected chi connectivity index (χ0v) is 11.6. The Kier molecular flexibility index (Phi) is 4.09. The van der Waals surface area contributed by atoms with Gasteiger partial charge in [0.15, 0.2) is 5.82 Å². The molecule has 8 heteroatoms. The molecule has 0 unspecified atom stereocenters. The first-order valence-electron chi connectivity index (χ1n) is 5.81. The predicted molar refractivity (Wildman–Crippen MR) is 69.9 cm³/mol. The van der Waals surface area contributed by atoms with Crippen LogP contribution in [0, 0.1) is 6.92 Å². The smallest absolute Gasteiger partial charge is 0.379 e. The average molecular weight is 295 g/mol. The van der Waals surface area contributed by atoms with Gasteiger partial charge in [-0.1, -0.05) is 11.6 Å². The zero-order valence-electron chi connectivity index (χ0n) is 10.8. The van der Waals surface area contributed by atoms with Crippen molar-refractivity contribution in [3.8, 4) is 5.69 Å². The van der Waals surface area contributed by atoms with Crippen LogP contribution in [0.25, 0.3) is 5.69 Å². The molecule has 1 heterocycles. The minimum Gasteiger partial charge on any atom is -0.460 e. The first-order valence-corrected chi connectivity index (χ1v) is 6.18. The highest BCUT2D eigenvalue weighted by molar-refractivity contribution is 6.41. The molecule has 0 radical (unpaired) electrons. The molecule has 7 nitrogen and oxygen atoms in total. The van der Waals surface area contributed by atoms with Crippen LogP contribution in [0.5, 0.6) is 0 Å². The third-order valence-electron chi connectivity index (χ3n) is 2.52. The number of nitrogens with zero attached hydrogens (tertiary/aromatic N) is 4. The number of ether oxygens (including phenoxy) is 1. The van der Waals surface area contributed by atoms with E-state index < -0.39 is 11.8 Å². The van der Waals surface area contributed by atoms with Crippen LogP contribution in [0.15, 0.2) is 18.2 Å². The van der Waals surface area contributed by atoms with Gasteiger partial charge in [-0.05, 0) is 42.5 Å². The van der Waals surface area contributed by atoms with E-state index in [1.807, 2.05) is 0 Å². The largest absolute Gasteiger partial charge is 0.460 e. The summed E-state index contributed by atoms with van der Waals surface area (Å²) in [6.45, 7) is 3.48. The Morgan fingerprint density at radius 1 is 1.40 bits per heavy atom. The van der Waals surface area contributed by atoms with E-state index in [0.717, 1.165) is 0 Å². The van der Waals surface area contributed by atoms with Crippen LogP contribution in [-0.4, -0.2) is 38.6 Å². The van der Waals surface area contributed by atoms with Crippen molar-refractivity contribution >= 4 is 23.4 Å². The summed E-state index contributed by atoms with van der Waals surface area (Å²) in [6, 6.07) is 4.43. The van der Waals surface area contributed by atoms with Gasteiger partial charge in [0, 0.05) is 5.56 Å². The molecule has 0 bridgehead atoms. The van der Waals surface area contributed by atoms with Crippen molar-refractivity contribution in [2.45, 2.75) is 13.8 Å². The average Bonchev–Trinajstić information content (AvgIpc) is 2.84. The van der Waals surface area contributed by atoms with Gasteiger partial charge in [0.1, 0.15) is 0 Å². The van der Waals surface area contributed by atoms with Gasteiger partial charge in [-0.2, -0.15) is 4.68 Å². The van der Waals surface area contributed by atoms with Crippen LogP contribution in [0.3, 0.4) is 0 Å².